The van der Waals surface area contributed by atoms with E-state index in [1.807, 2.05) is 0 Å². The molecule has 1 saturated carbocycles. The Morgan fingerprint density at radius 2 is 1.17 bits per heavy atom. The molecule has 3 aromatic carbocycles. The Labute approximate surface area is 181 Å². The van der Waals surface area contributed by atoms with Crippen molar-refractivity contribution in [2.24, 2.45) is 5.73 Å². The van der Waals surface area contributed by atoms with E-state index in [4.69, 9.17) is 5.73 Å². The van der Waals surface area contributed by atoms with Crippen LogP contribution in [0.3, 0.4) is 0 Å². The Balaban J connectivity index is 1.79. The average Bonchev–Trinajstić information content (AvgIpc) is 3.11. The molecule has 3 aromatic rings. The predicted octanol–water partition coefficient (Wildman–Crippen LogP) is 5.96. The quantitative estimate of drug-likeness (QED) is 0.380. The Bertz CT molecular complexity index is 839. The molecule has 2 heteroatoms. The van der Waals surface area contributed by atoms with E-state index in [9.17, 15) is 0 Å². The molecule has 3 N–H and O–H groups in total. The minimum absolute atomic E-state index is 0.413. The van der Waals surface area contributed by atoms with Gasteiger partial charge in [0.2, 0.25) is 0 Å². The van der Waals surface area contributed by atoms with Gasteiger partial charge in [0, 0.05) is 13.1 Å². The highest BCUT2D eigenvalue weighted by molar-refractivity contribution is 5.50. The molecular formula is C28H34N2. The van der Waals surface area contributed by atoms with E-state index in [2.05, 4.69) is 90.2 Å². The topological polar surface area (TPSA) is 38.0 Å². The number of hydrogen-bond acceptors (Lipinski definition) is 2. The maximum Gasteiger partial charge on any atom is 0.0948 e. The zero-order chi connectivity index (χ0) is 20.7. The van der Waals surface area contributed by atoms with Crippen molar-refractivity contribution in [2.75, 3.05) is 13.1 Å². The van der Waals surface area contributed by atoms with Gasteiger partial charge in [0.1, 0.15) is 0 Å². The van der Waals surface area contributed by atoms with Crippen LogP contribution >= 0.6 is 0 Å². The molecule has 1 aliphatic rings. The first-order valence-corrected chi connectivity index (χ1v) is 11.5. The van der Waals surface area contributed by atoms with Gasteiger partial charge in [-0.05, 0) is 41.0 Å². The van der Waals surface area contributed by atoms with Gasteiger partial charge < -0.3 is 5.73 Å². The minimum Gasteiger partial charge on any atom is -0.329 e. The molecule has 0 heterocycles. The van der Waals surface area contributed by atoms with Crippen molar-refractivity contribution in [1.29, 1.82) is 0 Å². The highest BCUT2D eigenvalue weighted by atomic mass is 15.0. The lowest BCUT2D eigenvalue weighted by atomic mass is 9.76. The summed E-state index contributed by atoms with van der Waals surface area (Å²) in [7, 11) is 0. The van der Waals surface area contributed by atoms with Crippen LogP contribution in [0.5, 0.6) is 0 Å². The van der Waals surface area contributed by atoms with Gasteiger partial charge >= 0.3 is 0 Å². The van der Waals surface area contributed by atoms with Crippen LogP contribution in [0.1, 0.15) is 66.7 Å². The first-order valence-electron chi connectivity index (χ1n) is 11.5. The van der Waals surface area contributed by atoms with E-state index in [1.165, 1.54) is 60.8 Å². The van der Waals surface area contributed by atoms with Crippen LogP contribution in [-0.2, 0) is 5.54 Å². The molecule has 0 aromatic heterocycles. The van der Waals surface area contributed by atoms with Gasteiger partial charge in [-0.1, -0.05) is 111 Å². The predicted molar refractivity (Wildman–Crippen MR) is 127 cm³/mol. The van der Waals surface area contributed by atoms with Crippen LogP contribution < -0.4 is 11.1 Å². The van der Waals surface area contributed by atoms with Crippen molar-refractivity contribution in [1.82, 2.24) is 5.32 Å². The third kappa shape index (κ3) is 4.35. The number of hydrogen-bond donors (Lipinski definition) is 2. The van der Waals surface area contributed by atoms with E-state index in [0.717, 1.165) is 6.54 Å². The van der Waals surface area contributed by atoms with Crippen LogP contribution in [-0.4, -0.2) is 13.1 Å². The molecule has 0 spiro atoms. The average molecular weight is 399 g/mol. The maximum atomic E-state index is 5.94. The Kier molecular flexibility index (Phi) is 6.99. The van der Waals surface area contributed by atoms with E-state index in [1.54, 1.807) is 0 Å². The fraction of sp³-hybridized carbons (Fsp3) is 0.357. The second-order valence-electron chi connectivity index (χ2n) is 8.51. The van der Waals surface area contributed by atoms with Gasteiger partial charge in [0.25, 0.3) is 0 Å². The van der Waals surface area contributed by atoms with Crippen molar-refractivity contribution in [3.05, 3.63) is 107 Å². The summed E-state index contributed by atoms with van der Waals surface area (Å²) < 4.78 is 0. The van der Waals surface area contributed by atoms with E-state index < -0.39 is 5.54 Å². The molecule has 0 amide bonds. The lowest BCUT2D eigenvalue weighted by Gasteiger charge is -2.37. The standard InChI is InChI=1S/C28H34N2/c29-21-22-30-28(25-13-7-3-8-14-25,26-15-9-4-10-16-26)27-19-17-24(18-20-27)23-11-5-1-2-6-12-23/h3-4,7-10,13-20,23,30H,1-2,5-6,11-12,21-22,29H2. The molecular weight excluding hydrogens is 364 g/mol. The Morgan fingerprint density at radius 1 is 0.667 bits per heavy atom. The molecule has 30 heavy (non-hydrogen) atoms. The van der Waals surface area contributed by atoms with Gasteiger partial charge in [-0.15, -0.1) is 0 Å². The molecule has 156 valence electrons. The maximum absolute atomic E-state index is 5.94. The van der Waals surface area contributed by atoms with Gasteiger partial charge in [0.15, 0.2) is 0 Å². The van der Waals surface area contributed by atoms with E-state index in [0.29, 0.717) is 12.5 Å². The minimum atomic E-state index is -0.413. The normalized spacial score (nSPS) is 15.6. The van der Waals surface area contributed by atoms with Crippen LogP contribution in [0.2, 0.25) is 0 Å². The highest BCUT2D eigenvalue weighted by Crippen LogP contribution is 2.38. The van der Waals surface area contributed by atoms with Crippen LogP contribution in [0.15, 0.2) is 84.9 Å². The number of rotatable bonds is 7. The fourth-order valence-corrected chi connectivity index (χ4v) is 5.06. The molecule has 2 nitrogen and oxygen atoms in total. The molecule has 0 atom stereocenters. The SMILES string of the molecule is NCCNC(c1ccccc1)(c1ccccc1)c1ccc(C2CCCCCC2)cc1. The summed E-state index contributed by atoms with van der Waals surface area (Å²) in [5.41, 5.74) is 10.8. The summed E-state index contributed by atoms with van der Waals surface area (Å²) in [5, 5.41) is 3.82. The number of nitrogens with two attached hydrogens (primary N) is 1. The molecule has 0 bridgehead atoms. The zero-order valence-corrected chi connectivity index (χ0v) is 17.9. The summed E-state index contributed by atoms with van der Waals surface area (Å²) in [5.74, 6) is 0.710. The summed E-state index contributed by atoms with van der Waals surface area (Å²) in [6.45, 7) is 1.34. The van der Waals surface area contributed by atoms with Crippen molar-refractivity contribution in [3.8, 4) is 0 Å². The van der Waals surface area contributed by atoms with Crippen molar-refractivity contribution < 1.29 is 0 Å². The van der Waals surface area contributed by atoms with Crippen LogP contribution in [0.25, 0.3) is 0 Å². The monoisotopic (exact) mass is 398 g/mol. The van der Waals surface area contributed by atoms with Crippen molar-refractivity contribution in [3.63, 3.8) is 0 Å². The van der Waals surface area contributed by atoms with Crippen LogP contribution in [0, 0.1) is 0 Å². The Morgan fingerprint density at radius 3 is 1.67 bits per heavy atom. The second kappa shape index (κ2) is 10.1. The molecule has 1 aliphatic carbocycles. The summed E-state index contributed by atoms with van der Waals surface area (Å²) in [6.07, 6.45) is 8.16. The molecule has 0 aliphatic heterocycles. The molecule has 0 saturated heterocycles. The van der Waals surface area contributed by atoms with Gasteiger partial charge in [-0.2, -0.15) is 0 Å². The fourth-order valence-electron chi connectivity index (χ4n) is 5.06. The van der Waals surface area contributed by atoms with Gasteiger partial charge in [-0.25, -0.2) is 0 Å². The molecule has 4 rings (SSSR count). The lowest BCUT2D eigenvalue weighted by molar-refractivity contribution is 0.479. The summed E-state index contributed by atoms with van der Waals surface area (Å²) in [6, 6.07) is 30.9. The van der Waals surface area contributed by atoms with E-state index >= 15 is 0 Å². The third-order valence-electron chi connectivity index (χ3n) is 6.62. The summed E-state index contributed by atoms with van der Waals surface area (Å²) >= 11 is 0. The highest BCUT2D eigenvalue weighted by Gasteiger charge is 2.35. The number of nitrogens with one attached hydrogen (secondary N) is 1. The molecule has 0 unspecified atom stereocenters. The van der Waals surface area contributed by atoms with Gasteiger partial charge in [0.05, 0.1) is 5.54 Å². The number of benzene rings is 3. The molecule has 0 radical (unpaired) electrons. The second-order valence-corrected chi connectivity index (χ2v) is 8.51. The van der Waals surface area contributed by atoms with Crippen molar-refractivity contribution in [2.45, 2.75) is 50.0 Å². The zero-order valence-electron chi connectivity index (χ0n) is 17.9. The van der Waals surface area contributed by atoms with E-state index in [-0.39, 0.29) is 0 Å². The van der Waals surface area contributed by atoms with Crippen LogP contribution in [0.4, 0.5) is 0 Å². The third-order valence-corrected chi connectivity index (χ3v) is 6.62. The largest absolute Gasteiger partial charge is 0.329 e. The first-order chi connectivity index (χ1) is 14.8. The molecule has 1 fully saturated rings. The lowest BCUT2D eigenvalue weighted by Crippen LogP contribution is -2.46. The Hall–Kier alpha value is -2.42. The summed E-state index contributed by atoms with van der Waals surface area (Å²) in [4.78, 5) is 0. The smallest absolute Gasteiger partial charge is 0.0948 e. The van der Waals surface area contributed by atoms with Gasteiger partial charge in [-0.3, -0.25) is 5.32 Å². The van der Waals surface area contributed by atoms with Crippen molar-refractivity contribution >= 4 is 0 Å². The first kappa shape index (κ1) is 20.8.